The number of fused-ring (bicyclic) bond motifs is 3. The molecule has 0 aromatic carbocycles. The number of aromatic nitrogens is 13. The highest BCUT2D eigenvalue weighted by atomic mass is 32.2. The molecule has 7 N–H and O–H groups in total. The third kappa shape index (κ3) is 9.47. The molecule has 11 rings (SSSR count). The first-order valence-corrected chi connectivity index (χ1v) is 24.3. The molecule has 3 aliphatic carbocycles. The van der Waals surface area contributed by atoms with Gasteiger partial charge in [0.05, 0.1) is 72.4 Å². The van der Waals surface area contributed by atoms with Gasteiger partial charge in [0.15, 0.2) is 40.5 Å². The Balaban J connectivity index is 0.000000135. The minimum Gasteiger partial charge on any atom is -0.493 e. The van der Waals surface area contributed by atoms with Crippen molar-refractivity contribution < 1.29 is 27.6 Å². The van der Waals surface area contributed by atoms with Gasteiger partial charge in [0.25, 0.3) is 11.4 Å². The second kappa shape index (κ2) is 18.3. The number of carbonyl (C=O) groups excluding carboxylic acids is 1. The lowest BCUT2D eigenvalue weighted by molar-refractivity contribution is 0.112. The minimum atomic E-state index is -4.05. The van der Waals surface area contributed by atoms with E-state index in [1.165, 1.54) is 46.0 Å². The van der Waals surface area contributed by atoms with E-state index in [2.05, 4.69) is 86.3 Å². The number of anilines is 1. The molecule has 8 heterocycles. The number of imidazole rings is 2. The van der Waals surface area contributed by atoms with E-state index in [1.807, 2.05) is 0 Å². The summed E-state index contributed by atoms with van der Waals surface area (Å²) in [6, 6.07) is 0.526. The standard InChI is InChI=1S/C15H11N7O4S.C15H13N7O3S.C12H11N5O/c1-16-10-12(18-8-3-4-8)22-11(20-14(10)27(2,25)26)7(6-17-22)5-9-13(23)21-15(24)19-9;1-16-10-12(18-8-3-4-8)22-11(20-14(10)26(2)25)7(6-17-22)5-9-13(23)21-15(24)19-9;1-7-10(13-2)12(16-9-3-4-9)17-11(15-7)8(6-18)5-14-17/h5-6,8H,2-4H2,(H2-,17,18,19,20,21,23,24);5-6,8,23H,3-4H2,2H3,(H2,19,21,24);5-6,9,16H,3-4H2,1H3/p+1. The molecule has 8 aromatic rings. The van der Waals surface area contributed by atoms with Crippen LogP contribution in [0.5, 0.6) is 11.8 Å². The molecule has 29 heteroatoms. The van der Waals surface area contributed by atoms with E-state index >= 15 is 0 Å². The van der Waals surface area contributed by atoms with Gasteiger partial charge in [0.2, 0.25) is 22.5 Å². The van der Waals surface area contributed by atoms with Gasteiger partial charge in [0, 0.05) is 22.7 Å². The number of hydrogen-bond acceptors (Lipinski definition) is 17. The van der Waals surface area contributed by atoms with Gasteiger partial charge >= 0.3 is 21.2 Å². The molecule has 3 fully saturated rings. The third-order valence-electron chi connectivity index (χ3n) is 10.7. The molecular weight excluding hydrogens is 963 g/mol. The van der Waals surface area contributed by atoms with E-state index in [1.54, 1.807) is 11.4 Å². The molecule has 3 saturated carbocycles. The summed E-state index contributed by atoms with van der Waals surface area (Å²) in [6.07, 6.45) is 18.2. The first-order valence-electron chi connectivity index (χ1n) is 21.1. The monoisotopic (exact) mass is 998 g/mol. The predicted molar refractivity (Wildman–Crippen MR) is 250 cm³/mol. The Kier molecular flexibility index (Phi) is 12.1. The van der Waals surface area contributed by atoms with Crippen LogP contribution in [-0.2, 0) is 20.6 Å². The first kappa shape index (κ1) is 46.8. The fourth-order valence-corrected chi connectivity index (χ4v) is 8.19. The second-order valence-corrected chi connectivity index (χ2v) is 19.1. The van der Waals surface area contributed by atoms with Crippen molar-refractivity contribution >= 4 is 78.9 Å². The highest BCUT2D eigenvalue weighted by Gasteiger charge is 2.29. The Bertz CT molecular complexity index is 4180. The number of aromatic hydroxyl groups is 2. The van der Waals surface area contributed by atoms with Crippen LogP contribution in [0.3, 0.4) is 0 Å². The lowest BCUT2D eigenvalue weighted by Crippen LogP contribution is -2.22. The Hall–Kier alpha value is -9.27. The second-order valence-electron chi connectivity index (χ2n) is 16.2. The van der Waals surface area contributed by atoms with E-state index in [4.69, 9.17) is 19.7 Å². The lowest BCUT2D eigenvalue weighted by atomic mass is 10.3. The van der Waals surface area contributed by atoms with Gasteiger partial charge in [-0.2, -0.15) is 23.7 Å². The zero-order valence-electron chi connectivity index (χ0n) is 37.1. The van der Waals surface area contributed by atoms with Gasteiger partial charge in [-0.15, -0.1) is 0 Å². The number of carbonyl (C=O) groups is 1. The van der Waals surface area contributed by atoms with Crippen molar-refractivity contribution in [2.45, 2.75) is 73.6 Å². The average molecular weight is 999 g/mol. The van der Waals surface area contributed by atoms with Gasteiger partial charge in [-0.05, 0) is 57.6 Å². The van der Waals surface area contributed by atoms with Crippen LogP contribution < -0.4 is 38.1 Å². The first-order chi connectivity index (χ1) is 34.0. The Morgan fingerprint density at radius 1 is 0.761 bits per heavy atom. The quantitative estimate of drug-likeness (QED) is 0.0588. The highest BCUT2D eigenvalue weighted by molar-refractivity contribution is 7.92. The maximum Gasteiger partial charge on any atom is 0.327 e. The fraction of sp³-hybridized carbons (Fsp3) is 0.262. The number of nitrogens with zero attached hydrogens (tertiary/aromatic N) is 14. The third-order valence-corrected chi connectivity index (χ3v) is 12.4. The van der Waals surface area contributed by atoms with Crippen molar-refractivity contribution in [1.29, 1.82) is 0 Å². The Morgan fingerprint density at radius 3 is 1.70 bits per heavy atom. The molecule has 0 radical (unpaired) electrons. The molecule has 27 nitrogen and oxygen atoms in total. The minimum absolute atomic E-state index is 0.00169. The van der Waals surface area contributed by atoms with Gasteiger partial charge in [0.1, 0.15) is 22.2 Å². The zero-order chi connectivity index (χ0) is 50.5. The summed E-state index contributed by atoms with van der Waals surface area (Å²) in [7, 11) is -5.54. The van der Waals surface area contributed by atoms with Crippen LogP contribution in [0.25, 0.3) is 43.6 Å². The molecule has 71 heavy (non-hydrogen) atoms. The molecule has 0 aliphatic heterocycles. The van der Waals surface area contributed by atoms with Crippen LogP contribution in [0.1, 0.15) is 66.0 Å². The molecule has 3 aliphatic rings. The Labute approximate surface area is 399 Å². The van der Waals surface area contributed by atoms with Crippen LogP contribution in [0.4, 0.5) is 22.9 Å². The molecule has 0 bridgehead atoms. The highest BCUT2D eigenvalue weighted by Crippen LogP contribution is 2.34. The van der Waals surface area contributed by atoms with E-state index in [0.717, 1.165) is 44.8 Å². The smallest absolute Gasteiger partial charge is 0.327 e. The summed E-state index contributed by atoms with van der Waals surface area (Å²) in [6.45, 7) is 23.8. The van der Waals surface area contributed by atoms with Crippen LogP contribution in [0.2, 0.25) is 0 Å². The topological polar surface area (TPSA) is 346 Å². The maximum absolute atomic E-state index is 12.1. The molecule has 0 saturated heterocycles. The molecular formula is C42H36N19O8S2+. The number of aryl methyl sites for hydroxylation is 1. The number of aldehydes is 1. The van der Waals surface area contributed by atoms with Crippen LogP contribution in [-0.4, -0.2) is 117 Å². The van der Waals surface area contributed by atoms with E-state index in [-0.39, 0.29) is 62.8 Å². The zero-order valence-corrected chi connectivity index (χ0v) is 38.7. The van der Waals surface area contributed by atoms with Gasteiger partial charge in [-0.1, -0.05) is 0 Å². The number of rotatable bonds is 9. The largest absolute Gasteiger partial charge is 0.493 e. The van der Waals surface area contributed by atoms with E-state index in [0.29, 0.717) is 56.0 Å². The van der Waals surface area contributed by atoms with Crippen molar-refractivity contribution in [1.82, 2.24) is 63.7 Å². The van der Waals surface area contributed by atoms with E-state index in [9.17, 15) is 37.2 Å². The van der Waals surface area contributed by atoms with Crippen molar-refractivity contribution in [3.05, 3.63) is 124 Å². The number of aromatic amines is 4. The number of hydrogen-bond donors (Lipinski definition) is 7. The van der Waals surface area contributed by atoms with E-state index < -0.39 is 37.0 Å². The van der Waals surface area contributed by atoms with Crippen LogP contribution in [0.15, 0.2) is 48.2 Å². The molecule has 1 atom stereocenters. The molecule has 358 valence electrons. The fourth-order valence-electron chi connectivity index (χ4n) is 6.91. The van der Waals surface area contributed by atoms with Gasteiger partial charge < -0.3 is 25.5 Å². The summed E-state index contributed by atoms with van der Waals surface area (Å²) >= 11 is 0. The van der Waals surface area contributed by atoms with Crippen molar-refractivity contribution in [2.75, 3.05) is 11.6 Å². The van der Waals surface area contributed by atoms with Crippen molar-refractivity contribution in [2.24, 2.45) is 9.98 Å². The summed E-state index contributed by atoms with van der Waals surface area (Å²) in [5.41, 5.74) is 1.84. The van der Waals surface area contributed by atoms with Crippen LogP contribution in [0, 0.1) is 32.9 Å². The molecule has 8 aromatic heterocycles. The maximum atomic E-state index is 12.1. The van der Waals surface area contributed by atoms with Crippen molar-refractivity contribution in [3.8, 4) is 11.8 Å². The van der Waals surface area contributed by atoms with Gasteiger partial charge in [-0.3, -0.25) is 29.0 Å². The number of sulfone groups is 1. The molecule has 0 spiro atoms. The normalized spacial score (nSPS) is 16.0. The van der Waals surface area contributed by atoms with Crippen LogP contribution >= 0.6 is 0 Å². The summed E-state index contributed by atoms with van der Waals surface area (Å²) in [5, 5.41) is 35.7. The summed E-state index contributed by atoms with van der Waals surface area (Å²) in [5.74, 6) is -0.0533. The van der Waals surface area contributed by atoms with Crippen molar-refractivity contribution in [3.63, 3.8) is 0 Å². The predicted octanol–water partition coefficient (Wildman–Crippen LogP) is 0.504. The average Bonchev–Trinajstić information content (AvgIpc) is 4.29. The SMILES string of the molecule is [C-]#[N+]c1c(C)nc2c(C=O)cnn2c1NC1CC1.[C-]#[N+]c1c(S(C)=O)nc2c(=Cc3[nH]c(=O)[nH]c3O)cnn2c1=NC1CC1.[C-]#[N+]c1c(S([CH2+])(=O)=O)nc2c(=Cc3[nH]c(=O)[nH]c3O)cnn2c1=NC1CC1. The lowest BCUT2D eigenvalue weighted by Gasteiger charge is -2.11. The Morgan fingerprint density at radius 2 is 1.27 bits per heavy atom. The number of H-pyrrole nitrogens is 4. The summed E-state index contributed by atoms with van der Waals surface area (Å²) < 4.78 is 40.5. The number of nitrogens with one attached hydrogen (secondary N) is 5. The molecule has 1 unspecified atom stereocenters. The van der Waals surface area contributed by atoms with Gasteiger partial charge in [-0.25, -0.2) is 52.6 Å². The molecule has 0 amide bonds. The summed E-state index contributed by atoms with van der Waals surface area (Å²) in [4.78, 5) is 74.6.